The van der Waals surface area contributed by atoms with Crippen LogP contribution >= 0.6 is 11.3 Å². The number of aryl methyl sites for hydroxylation is 2. The molecule has 0 radical (unpaired) electrons. The zero-order valence-electron chi connectivity index (χ0n) is 9.08. The summed E-state index contributed by atoms with van der Waals surface area (Å²) < 4.78 is 1.36. The molecule has 2 aromatic rings. The van der Waals surface area contributed by atoms with E-state index in [4.69, 9.17) is 0 Å². The molecular formula is C14H14S. The van der Waals surface area contributed by atoms with Gasteiger partial charge in [0, 0.05) is 15.0 Å². The minimum Gasteiger partial charge on any atom is -0.140 e. The summed E-state index contributed by atoms with van der Waals surface area (Å²) in [5.41, 5.74) is 2.65. The molecule has 0 unspecified atom stereocenters. The van der Waals surface area contributed by atoms with Gasteiger partial charge >= 0.3 is 0 Å². The van der Waals surface area contributed by atoms with Crippen LogP contribution in [0.15, 0.2) is 36.9 Å². The van der Waals surface area contributed by atoms with Crippen molar-refractivity contribution in [2.24, 2.45) is 0 Å². The Labute approximate surface area is 94.6 Å². The van der Waals surface area contributed by atoms with Crippen LogP contribution in [0.1, 0.15) is 16.0 Å². The molecule has 0 bridgehead atoms. The topological polar surface area (TPSA) is 0 Å². The van der Waals surface area contributed by atoms with Gasteiger partial charge in [-0.2, -0.15) is 0 Å². The van der Waals surface area contributed by atoms with Gasteiger partial charge in [-0.05, 0) is 31.5 Å². The summed E-state index contributed by atoms with van der Waals surface area (Å²) in [5.74, 6) is 0. The smallest absolute Gasteiger partial charge is 0.0351 e. The predicted molar refractivity (Wildman–Crippen MR) is 70.5 cm³/mol. The molecule has 0 N–H and O–H groups in total. The summed E-state index contributed by atoms with van der Waals surface area (Å²) in [6.07, 6.45) is 5.95. The fraction of sp³-hybridized carbons (Fsp3) is 0.143. The molecular weight excluding hydrogens is 200 g/mol. The molecule has 0 aliphatic carbocycles. The van der Waals surface area contributed by atoms with Crippen molar-refractivity contribution in [2.75, 3.05) is 0 Å². The summed E-state index contributed by atoms with van der Waals surface area (Å²) in [4.78, 5) is 1.37. The fourth-order valence-electron chi connectivity index (χ4n) is 1.72. The van der Waals surface area contributed by atoms with E-state index in [0.717, 1.165) is 0 Å². The third-order valence-electron chi connectivity index (χ3n) is 2.47. The van der Waals surface area contributed by atoms with E-state index in [0.29, 0.717) is 0 Å². The molecule has 0 fully saturated rings. The summed E-state index contributed by atoms with van der Waals surface area (Å²) in [7, 11) is 0. The van der Waals surface area contributed by atoms with E-state index in [1.165, 1.54) is 26.1 Å². The van der Waals surface area contributed by atoms with Crippen LogP contribution in [0.2, 0.25) is 0 Å². The van der Waals surface area contributed by atoms with E-state index >= 15 is 0 Å². The Morgan fingerprint density at radius 3 is 2.80 bits per heavy atom. The number of allylic oxidation sites excluding steroid dienone is 2. The van der Waals surface area contributed by atoms with E-state index in [1.54, 1.807) is 0 Å². The molecule has 0 atom stereocenters. The standard InChI is InChI=1S/C14H14S/c1-4-5-6-12-11(3)15-14-8-7-10(2)9-13(12)14/h4-9H,1H2,2-3H3/b6-5-. The van der Waals surface area contributed by atoms with E-state index < -0.39 is 0 Å². The van der Waals surface area contributed by atoms with E-state index in [9.17, 15) is 0 Å². The van der Waals surface area contributed by atoms with Crippen molar-refractivity contribution in [3.63, 3.8) is 0 Å². The fourth-order valence-corrected chi connectivity index (χ4v) is 2.76. The first-order valence-corrected chi connectivity index (χ1v) is 5.83. The lowest BCUT2D eigenvalue weighted by Gasteiger charge is -1.95. The molecule has 0 nitrogen and oxygen atoms in total. The zero-order valence-corrected chi connectivity index (χ0v) is 9.90. The maximum Gasteiger partial charge on any atom is 0.0351 e. The van der Waals surface area contributed by atoms with E-state index in [-0.39, 0.29) is 0 Å². The quantitative estimate of drug-likeness (QED) is 0.635. The largest absolute Gasteiger partial charge is 0.140 e. The molecule has 1 heterocycles. The monoisotopic (exact) mass is 214 g/mol. The minimum absolute atomic E-state index is 1.31. The number of hydrogen-bond acceptors (Lipinski definition) is 1. The van der Waals surface area contributed by atoms with E-state index in [2.05, 4.69) is 44.7 Å². The molecule has 15 heavy (non-hydrogen) atoms. The molecule has 76 valence electrons. The molecule has 0 aliphatic rings. The van der Waals surface area contributed by atoms with Gasteiger partial charge in [0.25, 0.3) is 0 Å². The van der Waals surface area contributed by atoms with Crippen LogP contribution in [0.25, 0.3) is 16.2 Å². The molecule has 2 rings (SSSR count). The van der Waals surface area contributed by atoms with Gasteiger partial charge in [-0.1, -0.05) is 36.4 Å². The van der Waals surface area contributed by atoms with Crippen molar-refractivity contribution >= 4 is 27.5 Å². The predicted octanol–water partition coefficient (Wildman–Crippen LogP) is 4.72. The van der Waals surface area contributed by atoms with E-state index in [1.807, 2.05) is 23.5 Å². The van der Waals surface area contributed by atoms with Crippen LogP contribution in [0, 0.1) is 13.8 Å². The maximum absolute atomic E-state index is 3.70. The highest BCUT2D eigenvalue weighted by molar-refractivity contribution is 7.19. The Bertz CT molecular complexity index is 530. The van der Waals surface area contributed by atoms with Crippen molar-refractivity contribution in [3.05, 3.63) is 52.9 Å². The van der Waals surface area contributed by atoms with Crippen molar-refractivity contribution < 1.29 is 0 Å². The first-order valence-electron chi connectivity index (χ1n) is 5.01. The second-order valence-corrected chi connectivity index (χ2v) is 4.92. The van der Waals surface area contributed by atoms with Crippen molar-refractivity contribution in [1.82, 2.24) is 0 Å². The number of fused-ring (bicyclic) bond motifs is 1. The Kier molecular flexibility index (Phi) is 2.74. The van der Waals surface area contributed by atoms with Gasteiger partial charge in [-0.15, -0.1) is 11.3 Å². The normalized spacial score (nSPS) is 11.3. The van der Waals surface area contributed by atoms with Crippen LogP contribution in [0.3, 0.4) is 0 Å². The van der Waals surface area contributed by atoms with Gasteiger partial charge in [0.05, 0.1) is 0 Å². The number of hydrogen-bond donors (Lipinski definition) is 0. The van der Waals surface area contributed by atoms with Gasteiger partial charge in [-0.3, -0.25) is 0 Å². The highest BCUT2D eigenvalue weighted by Gasteiger charge is 2.05. The average Bonchev–Trinajstić information content (AvgIpc) is 2.51. The summed E-state index contributed by atoms with van der Waals surface area (Å²) in [5, 5.41) is 1.36. The number of benzene rings is 1. The summed E-state index contributed by atoms with van der Waals surface area (Å²) in [6.45, 7) is 8.01. The van der Waals surface area contributed by atoms with Gasteiger partial charge in [0.2, 0.25) is 0 Å². The third-order valence-corrected chi connectivity index (χ3v) is 3.57. The molecule has 1 heteroatoms. The van der Waals surface area contributed by atoms with Crippen LogP contribution in [0.5, 0.6) is 0 Å². The molecule has 0 amide bonds. The Hall–Kier alpha value is -1.34. The lowest BCUT2D eigenvalue weighted by atomic mass is 10.1. The average molecular weight is 214 g/mol. The van der Waals surface area contributed by atoms with Gasteiger partial charge in [0.1, 0.15) is 0 Å². The Morgan fingerprint density at radius 1 is 1.27 bits per heavy atom. The Morgan fingerprint density at radius 2 is 2.07 bits per heavy atom. The zero-order chi connectivity index (χ0) is 10.8. The molecule has 0 saturated carbocycles. The van der Waals surface area contributed by atoms with Crippen molar-refractivity contribution in [1.29, 1.82) is 0 Å². The second kappa shape index (κ2) is 4.03. The highest BCUT2D eigenvalue weighted by atomic mass is 32.1. The summed E-state index contributed by atoms with van der Waals surface area (Å²) in [6, 6.07) is 6.62. The van der Waals surface area contributed by atoms with Gasteiger partial charge in [0.15, 0.2) is 0 Å². The van der Waals surface area contributed by atoms with Gasteiger partial charge < -0.3 is 0 Å². The second-order valence-electron chi connectivity index (χ2n) is 3.67. The first-order chi connectivity index (χ1) is 7.22. The lowest BCUT2D eigenvalue weighted by molar-refractivity contribution is 1.51. The molecule has 0 saturated heterocycles. The van der Waals surface area contributed by atoms with Crippen LogP contribution in [0.4, 0.5) is 0 Å². The first kappa shape index (κ1) is 10.2. The van der Waals surface area contributed by atoms with Gasteiger partial charge in [-0.25, -0.2) is 0 Å². The molecule has 1 aromatic heterocycles. The Balaban J connectivity index is 2.70. The number of rotatable bonds is 2. The minimum atomic E-state index is 1.31. The highest BCUT2D eigenvalue weighted by Crippen LogP contribution is 2.32. The molecule has 1 aromatic carbocycles. The third kappa shape index (κ3) is 1.88. The molecule has 0 aliphatic heterocycles. The SMILES string of the molecule is C=C/C=C\c1c(C)sc2ccc(C)cc12. The van der Waals surface area contributed by atoms with Crippen LogP contribution in [-0.4, -0.2) is 0 Å². The molecule has 0 spiro atoms. The van der Waals surface area contributed by atoms with Crippen LogP contribution < -0.4 is 0 Å². The van der Waals surface area contributed by atoms with Crippen molar-refractivity contribution in [2.45, 2.75) is 13.8 Å². The number of thiophene rings is 1. The summed E-state index contributed by atoms with van der Waals surface area (Å²) >= 11 is 1.85. The van der Waals surface area contributed by atoms with Crippen LogP contribution in [-0.2, 0) is 0 Å². The van der Waals surface area contributed by atoms with Crippen molar-refractivity contribution in [3.8, 4) is 0 Å². The lowest BCUT2D eigenvalue weighted by Crippen LogP contribution is -1.74. The maximum atomic E-state index is 3.70.